The van der Waals surface area contributed by atoms with Crippen molar-refractivity contribution in [2.45, 2.75) is 33.1 Å². The lowest BCUT2D eigenvalue weighted by atomic mass is 9.84. The van der Waals surface area contributed by atoms with Gasteiger partial charge >= 0.3 is 0 Å². The Bertz CT molecular complexity index is 862. The van der Waals surface area contributed by atoms with Crippen LogP contribution in [-0.2, 0) is 5.41 Å². The molecule has 0 fully saturated rings. The highest BCUT2D eigenvalue weighted by Crippen LogP contribution is 2.41. The molecule has 2 aromatic carbocycles. The van der Waals surface area contributed by atoms with Gasteiger partial charge in [0.05, 0.1) is 5.02 Å². The lowest BCUT2D eigenvalue weighted by Gasteiger charge is -2.22. The predicted molar refractivity (Wildman–Crippen MR) is 88.6 cm³/mol. The number of fused-ring (bicyclic) bond motifs is 1. The van der Waals surface area contributed by atoms with E-state index in [2.05, 4.69) is 31.0 Å². The fraction of sp³-hybridized carbons (Fsp3) is 0.294. The van der Waals surface area contributed by atoms with Crippen molar-refractivity contribution < 1.29 is 5.21 Å². The molecule has 0 saturated carbocycles. The summed E-state index contributed by atoms with van der Waals surface area (Å²) < 4.78 is 0. The Morgan fingerprint density at radius 3 is 2.45 bits per heavy atom. The molecule has 0 saturated heterocycles. The van der Waals surface area contributed by atoms with E-state index in [-0.39, 0.29) is 5.41 Å². The molecule has 3 rings (SSSR count). The van der Waals surface area contributed by atoms with Crippen LogP contribution in [0, 0.1) is 6.92 Å². The Hall–Kier alpha value is -2.07. The SMILES string of the molecule is Cc1ccccc1-c1c(Cl)c(C(C)(C)C)cc2nn(O)nc12. The van der Waals surface area contributed by atoms with Gasteiger partial charge in [-0.05, 0) is 40.1 Å². The van der Waals surface area contributed by atoms with Gasteiger partial charge < -0.3 is 5.21 Å². The average molecular weight is 316 g/mol. The van der Waals surface area contributed by atoms with Crippen LogP contribution in [0.4, 0.5) is 0 Å². The maximum atomic E-state index is 9.63. The molecule has 0 aliphatic heterocycles. The molecule has 0 spiro atoms. The molecule has 4 nitrogen and oxygen atoms in total. The van der Waals surface area contributed by atoms with E-state index in [4.69, 9.17) is 11.6 Å². The van der Waals surface area contributed by atoms with Crippen LogP contribution in [0.15, 0.2) is 30.3 Å². The van der Waals surface area contributed by atoms with Crippen molar-refractivity contribution >= 4 is 22.6 Å². The first-order chi connectivity index (χ1) is 10.3. The van der Waals surface area contributed by atoms with Crippen LogP contribution >= 0.6 is 11.6 Å². The first-order valence-corrected chi connectivity index (χ1v) is 7.52. The van der Waals surface area contributed by atoms with Gasteiger partial charge in [-0.1, -0.05) is 56.6 Å². The average Bonchev–Trinajstić information content (AvgIpc) is 2.78. The number of hydrogen-bond donors (Lipinski definition) is 1. The molecule has 1 N–H and O–H groups in total. The van der Waals surface area contributed by atoms with Gasteiger partial charge in [-0.15, -0.1) is 10.2 Å². The van der Waals surface area contributed by atoms with Gasteiger partial charge in [-0.25, -0.2) is 0 Å². The highest BCUT2D eigenvalue weighted by Gasteiger charge is 2.25. The normalized spacial score (nSPS) is 12.0. The summed E-state index contributed by atoms with van der Waals surface area (Å²) in [5.41, 5.74) is 5.02. The van der Waals surface area contributed by atoms with Crippen molar-refractivity contribution in [3.8, 4) is 11.1 Å². The van der Waals surface area contributed by atoms with Crippen molar-refractivity contribution in [2.24, 2.45) is 0 Å². The third-order valence-corrected chi connectivity index (χ3v) is 4.22. The van der Waals surface area contributed by atoms with Crippen molar-refractivity contribution in [2.75, 3.05) is 0 Å². The molecule has 0 aliphatic rings. The number of aromatic nitrogens is 3. The van der Waals surface area contributed by atoms with E-state index in [1.54, 1.807) is 0 Å². The molecule has 0 unspecified atom stereocenters. The van der Waals surface area contributed by atoms with E-state index < -0.39 is 0 Å². The molecule has 22 heavy (non-hydrogen) atoms. The van der Waals surface area contributed by atoms with E-state index in [1.807, 2.05) is 37.3 Å². The van der Waals surface area contributed by atoms with Crippen LogP contribution in [0.1, 0.15) is 31.9 Å². The third kappa shape index (κ3) is 2.33. The van der Waals surface area contributed by atoms with E-state index in [1.165, 1.54) is 0 Å². The second-order valence-corrected chi connectivity index (χ2v) is 6.89. The molecule has 1 aromatic heterocycles. The van der Waals surface area contributed by atoms with Crippen LogP contribution in [0.5, 0.6) is 0 Å². The quantitative estimate of drug-likeness (QED) is 0.668. The molecule has 0 aliphatic carbocycles. The largest absolute Gasteiger partial charge is 0.396 e. The maximum absolute atomic E-state index is 9.63. The maximum Gasteiger partial charge on any atom is 0.126 e. The van der Waals surface area contributed by atoms with Crippen molar-refractivity contribution in [3.05, 3.63) is 46.5 Å². The number of halogens is 1. The molecule has 3 aromatic rings. The Morgan fingerprint density at radius 1 is 1.14 bits per heavy atom. The Kier molecular flexibility index (Phi) is 3.37. The number of rotatable bonds is 1. The molecular formula is C17H18ClN3O. The minimum atomic E-state index is -0.137. The van der Waals surface area contributed by atoms with Gasteiger partial charge in [0.2, 0.25) is 0 Å². The minimum Gasteiger partial charge on any atom is -0.396 e. The highest BCUT2D eigenvalue weighted by atomic mass is 35.5. The Balaban J connectivity index is 2.46. The number of benzene rings is 2. The van der Waals surface area contributed by atoms with Gasteiger partial charge in [0.15, 0.2) is 0 Å². The van der Waals surface area contributed by atoms with Gasteiger partial charge in [0, 0.05) is 5.56 Å². The molecule has 5 heteroatoms. The monoisotopic (exact) mass is 315 g/mol. The summed E-state index contributed by atoms with van der Waals surface area (Å²) in [5.74, 6) is 0. The van der Waals surface area contributed by atoms with Crippen LogP contribution in [0.25, 0.3) is 22.2 Å². The lowest BCUT2D eigenvalue weighted by molar-refractivity contribution is 0.113. The first-order valence-electron chi connectivity index (χ1n) is 7.14. The number of hydrogen-bond acceptors (Lipinski definition) is 3. The zero-order valence-corrected chi connectivity index (χ0v) is 13.8. The summed E-state index contributed by atoms with van der Waals surface area (Å²) in [4.78, 5) is 0.606. The van der Waals surface area contributed by atoms with Crippen molar-refractivity contribution in [1.82, 2.24) is 15.2 Å². The number of aryl methyl sites for hydroxylation is 1. The molecule has 0 atom stereocenters. The Morgan fingerprint density at radius 2 is 1.82 bits per heavy atom. The fourth-order valence-corrected chi connectivity index (χ4v) is 3.20. The lowest BCUT2D eigenvalue weighted by Crippen LogP contribution is -2.12. The highest BCUT2D eigenvalue weighted by molar-refractivity contribution is 6.36. The van der Waals surface area contributed by atoms with Gasteiger partial charge in [-0.2, -0.15) is 0 Å². The van der Waals surface area contributed by atoms with Crippen molar-refractivity contribution in [3.63, 3.8) is 0 Å². The zero-order valence-electron chi connectivity index (χ0n) is 13.1. The summed E-state index contributed by atoms with van der Waals surface area (Å²) in [6.07, 6.45) is 0. The van der Waals surface area contributed by atoms with Gasteiger partial charge in [0.25, 0.3) is 0 Å². The molecule has 0 amide bonds. The van der Waals surface area contributed by atoms with E-state index in [0.717, 1.165) is 22.3 Å². The topological polar surface area (TPSA) is 50.9 Å². The van der Waals surface area contributed by atoms with Gasteiger partial charge in [0.1, 0.15) is 11.0 Å². The second-order valence-electron chi connectivity index (χ2n) is 6.51. The van der Waals surface area contributed by atoms with E-state index in [9.17, 15) is 5.21 Å². The third-order valence-electron chi connectivity index (χ3n) is 3.83. The summed E-state index contributed by atoms with van der Waals surface area (Å²) >= 11 is 6.73. The molecule has 114 valence electrons. The molecule has 0 radical (unpaired) electrons. The summed E-state index contributed by atoms with van der Waals surface area (Å²) in [7, 11) is 0. The molecule has 0 bridgehead atoms. The summed E-state index contributed by atoms with van der Waals surface area (Å²) in [6.45, 7) is 8.34. The zero-order chi connectivity index (χ0) is 16.1. The molecular weight excluding hydrogens is 298 g/mol. The van der Waals surface area contributed by atoms with Crippen LogP contribution in [0.3, 0.4) is 0 Å². The van der Waals surface area contributed by atoms with Gasteiger partial charge in [-0.3, -0.25) is 0 Å². The summed E-state index contributed by atoms with van der Waals surface area (Å²) in [5, 5.41) is 18.4. The van der Waals surface area contributed by atoms with Crippen LogP contribution in [-0.4, -0.2) is 20.4 Å². The standard InChI is InChI=1S/C17H18ClN3O/c1-10-7-5-6-8-11(10)14-15(18)12(17(2,3)4)9-13-16(14)20-21(22)19-13/h5-9,22H,1-4H3. The molecule has 1 heterocycles. The van der Waals surface area contributed by atoms with E-state index in [0.29, 0.717) is 21.0 Å². The van der Waals surface area contributed by atoms with Crippen molar-refractivity contribution in [1.29, 1.82) is 0 Å². The van der Waals surface area contributed by atoms with Crippen LogP contribution < -0.4 is 0 Å². The number of nitrogens with zero attached hydrogens (tertiary/aromatic N) is 3. The predicted octanol–water partition coefficient (Wildman–Crippen LogP) is 4.59. The van der Waals surface area contributed by atoms with E-state index >= 15 is 0 Å². The smallest absolute Gasteiger partial charge is 0.126 e. The minimum absolute atomic E-state index is 0.137. The second kappa shape index (κ2) is 4.99. The Labute approximate surface area is 134 Å². The first kappa shape index (κ1) is 14.9. The van der Waals surface area contributed by atoms with Crippen LogP contribution in [0.2, 0.25) is 5.02 Å². The fourth-order valence-electron chi connectivity index (χ4n) is 2.67. The summed E-state index contributed by atoms with van der Waals surface area (Å²) in [6, 6.07) is 9.90.